The summed E-state index contributed by atoms with van der Waals surface area (Å²) in [5.74, 6) is 5.89. The van der Waals surface area contributed by atoms with Gasteiger partial charge in [-0.3, -0.25) is 0 Å². The molecule has 0 spiro atoms. The normalized spacial score (nSPS) is 12.0. The fraction of sp³-hybridized carbons (Fsp3) is 0.400. The van der Waals surface area contributed by atoms with Crippen LogP contribution in [0.25, 0.3) is 0 Å². The molecule has 0 bridgehead atoms. The van der Waals surface area contributed by atoms with Crippen LogP contribution < -0.4 is 5.73 Å². The van der Waals surface area contributed by atoms with E-state index in [4.69, 9.17) is 5.73 Å². The van der Waals surface area contributed by atoms with Gasteiger partial charge in [0.15, 0.2) is 0 Å². The third kappa shape index (κ3) is 3.39. The second-order valence-electron chi connectivity index (χ2n) is 2.84. The molecule has 76 valence electrons. The zero-order valence-electron chi connectivity index (χ0n) is 7.81. The van der Waals surface area contributed by atoms with Crippen molar-refractivity contribution in [3.05, 3.63) is 19.2 Å². The number of hydrogen-bond acceptors (Lipinski definition) is 2. The van der Waals surface area contributed by atoms with Gasteiger partial charge in [0.05, 0.1) is 3.79 Å². The first kappa shape index (κ1) is 12.3. The number of nitrogens with two attached hydrogens (primary N) is 1. The van der Waals surface area contributed by atoms with Crippen LogP contribution in [0.2, 0.25) is 0 Å². The van der Waals surface area contributed by atoms with E-state index in [-0.39, 0.29) is 6.04 Å². The summed E-state index contributed by atoms with van der Waals surface area (Å²) < 4.78 is 2.18. The summed E-state index contributed by atoms with van der Waals surface area (Å²) in [6.45, 7) is 1.85. The Bertz CT molecular complexity index is 342. The first-order valence-corrected chi connectivity index (χ1v) is 6.65. The van der Waals surface area contributed by atoms with E-state index >= 15 is 0 Å². The highest BCUT2D eigenvalue weighted by Crippen LogP contribution is 2.35. The molecular weight excluding hydrogens is 326 g/mol. The highest BCUT2D eigenvalue weighted by Gasteiger charge is 2.10. The Morgan fingerprint density at radius 2 is 2.29 bits per heavy atom. The van der Waals surface area contributed by atoms with Gasteiger partial charge in [-0.05, 0) is 51.3 Å². The van der Waals surface area contributed by atoms with Crippen molar-refractivity contribution in [3.8, 4) is 11.8 Å². The summed E-state index contributed by atoms with van der Waals surface area (Å²) in [6, 6.07) is 2.17. The van der Waals surface area contributed by atoms with Crippen molar-refractivity contribution in [3.63, 3.8) is 0 Å². The molecular formula is C10H11Br2NS. The fourth-order valence-corrected chi connectivity index (χ4v) is 3.17. The molecule has 0 amide bonds. The Labute approximate surface area is 105 Å². The minimum atomic E-state index is 0.100. The van der Waals surface area contributed by atoms with Gasteiger partial charge in [-0.2, -0.15) is 0 Å². The lowest BCUT2D eigenvalue weighted by atomic mass is 10.1. The zero-order chi connectivity index (χ0) is 10.6. The van der Waals surface area contributed by atoms with Crippen molar-refractivity contribution in [1.82, 2.24) is 0 Å². The lowest BCUT2D eigenvalue weighted by Gasteiger charge is -2.05. The third-order valence-electron chi connectivity index (χ3n) is 1.79. The molecule has 0 saturated heterocycles. The van der Waals surface area contributed by atoms with Gasteiger partial charge in [0, 0.05) is 21.8 Å². The Morgan fingerprint density at radius 3 is 2.79 bits per heavy atom. The summed E-state index contributed by atoms with van der Waals surface area (Å²) in [5, 5.41) is 0. The predicted molar refractivity (Wildman–Crippen MR) is 69.3 cm³/mol. The van der Waals surface area contributed by atoms with Crippen LogP contribution in [-0.4, -0.2) is 0 Å². The van der Waals surface area contributed by atoms with Crippen LogP contribution in [0, 0.1) is 11.8 Å². The Morgan fingerprint density at radius 1 is 1.57 bits per heavy atom. The standard InChI is InChI=1S/C10H11Br2NS/c1-2-3-4-5-8(13)9-6-7(11)10(12)14-9/h6,8H,4-5,13H2,1H3. The van der Waals surface area contributed by atoms with Crippen molar-refractivity contribution in [2.45, 2.75) is 25.8 Å². The molecule has 1 heterocycles. The topological polar surface area (TPSA) is 26.0 Å². The molecule has 0 fully saturated rings. The summed E-state index contributed by atoms with van der Waals surface area (Å²) in [7, 11) is 0. The molecule has 2 N–H and O–H groups in total. The van der Waals surface area contributed by atoms with Crippen LogP contribution in [0.5, 0.6) is 0 Å². The molecule has 0 saturated carbocycles. The van der Waals surface area contributed by atoms with E-state index < -0.39 is 0 Å². The average Bonchev–Trinajstić information content (AvgIpc) is 2.47. The molecule has 14 heavy (non-hydrogen) atoms. The van der Waals surface area contributed by atoms with Crippen LogP contribution in [0.4, 0.5) is 0 Å². The van der Waals surface area contributed by atoms with Crippen molar-refractivity contribution in [2.75, 3.05) is 0 Å². The minimum absolute atomic E-state index is 0.100. The molecule has 1 unspecified atom stereocenters. The maximum Gasteiger partial charge on any atom is 0.0843 e. The predicted octanol–water partition coefficient (Wildman–Crippen LogP) is 4.08. The molecule has 1 nitrogen and oxygen atoms in total. The van der Waals surface area contributed by atoms with E-state index in [0.717, 1.165) is 21.1 Å². The van der Waals surface area contributed by atoms with Crippen LogP contribution >= 0.6 is 43.2 Å². The van der Waals surface area contributed by atoms with Crippen molar-refractivity contribution in [1.29, 1.82) is 0 Å². The van der Waals surface area contributed by atoms with Crippen LogP contribution in [-0.2, 0) is 0 Å². The van der Waals surface area contributed by atoms with Crippen LogP contribution in [0.3, 0.4) is 0 Å². The molecule has 0 radical (unpaired) electrons. The highest BCUT2D eigenvalue weighted by molar-refractivity contribution is 9.13. The Hall–Kier alpha value is 0.180. The lowest BCUT2D eigenvalue weighted by Crippen LogP contribution is -2.07. The quantitative estimate of drug-likeness (QED) is 0.827. The Kier molecular flexibility index (Phi) is 5.18. The first-order valence-electron chi connectivity index (χ1n) is 4.25. The molecule has 1 aromatic heterocycles. The maximum atomic E-state index is 6.02. The van der Waals surface area contributed by atoms with Gasteiger partial charge in [0.25, 0.3) is 0 Å². The molecule has 0 aliphatic rings. The van der Waals surface area contributed by atoms with Gasteiger partial charge < -0.3 is 5.73 Å². The molecule has 1 aromatic rings. The first-order chi connectivity index (χ1) is 6.65. The number of hydrogen-bond donors (Lipinski definition) is 1. The molecule has 0 aliphatic carbocycles. The fourth-order valence-electron chi connectivity index (χ4n) is 1.04. The minimum Gasteiger partial charge on any atom is -0.323 e. The molecule has 0 aliphatic heterocycles. The summed E-state index contributed by atoms with van der Waals surface area (Å²) in [5.41, 5.74) is 6.02. The van der Waals surface area contributed by atoms with E-state index in [1.807, 2.05) is 6.92 Å². The SMILES string of the molecule is CC#CCCC(N)c1cc(Br)c(Br)s1. The molecule has 0 aromatic carbocycles. The lowest BCUT2D eigenvalue weighted by molar-refractivity contribution is 0.679. The second-order valence-corrected chi connectivity index (χ2v) is 6.10. The van der Waals surface area contributed by atoms with E-state index in [1.54, 1.807) is 11.3 Å². The molecule has 1 atom stereocenters. The number of halogens is 2. The van der Waals surface area contributed by atoms with Crippen LogP contribution in [0.1, 0.15) is 30.7 Å². The summed E-state index contributed by atoms with van der Waals surface area (Å²) in [4.78, 5) is 1.20. The largest absolute Gasteiger partial charge is 0.323 e. The monoisotopic (exact) mass is 335 g/mol. The zero-order valence-corrected chi connectivity index (χ0v) is 11.8. The summed E-state index contributed by atoms with van der Waals surface area (Å²) in [6.07, 6.45) is 1.78. The number of rotatable bonds is 3. The average molecular weight is 337 g/mol. The highest BCUT2D eigenvalue weighted by atomic mass is 79.9. The van der Waals surface area contributed by atoms with E-state index in [1.165, 1.54) is 4.88 Å². The maximum absolute atomic E-state index is 6.02. The second kappa shape index (κ2) is 5.92. The van der Waals surface area contributed by atoms with Gasteiger partial charge in [-0.1, -0.05) is 0 Å². The molecule has 4 heteroatoms. The van der Waals surface area contributed by atoms with E-state index in [9.17, 15) is 0 Å². The van der Waals surface area contributed by atoms with Gasteiger partial charge >= 0.3 is 0 Å². The van der Waals surface area contributed by atoms with Crippen LogP contribution in [0.15, 0.2) is 14.3 Å². The van der Waals surface area contributed by atoms with Gasteiger partial charge in [-0.25, -0.2) is 0 Å². The van der Waals surface area contributed by atoms with Gasteiger partial charge in [-0.15, -0.1) is 23.2 Å². The van der Waals surface area contributed by atoms with Crippen molar-refractivity contribution < 1.29 is 0 Å². The Balaban J connectivity index is 2.58. The van der Waals surface area contributed by atoms with Crippen molar-refractivity contribution >= 4 is 43.2 Å². The number of thiophene rings is 1. The smallest absolute Gasteiger partial charge is 0.0843 e. The van der Waals surface area contributed by atoms with Gasteiger partial charge in [0.2, 0.25) is 0 Å². The summed E-state index contributed by atoms with van der Waals surface area (Å²) >= 11 is 8.58. The molecule has 1 rings (SSSR count). The van der Waals surface area contributed by atoms with Crippen molar-refractivity contribution in [2.24, 2.45) is 5.73 Å². The van der Waals surface area contributed by atoms with Gasteiger partial charge in [0.1, 0.15) is 0 Å². The third-order valence-corrected chi connectivity index (χ3v) is 5.17. The van der Waals surface area contributed by atoms with E-state index in [0.29, 0.717) is 0 Å². The van der Waals surface area contributed by atoms with E-state index in [2.05, 4.69) is 49.8 Å².